The van der Waals surface area contributed by atoms with Crippen LogP contribution < -0.4 is 0 Å². The number of aliphatic hydroxyl groups excluding tert-OH is 2. The summed E-state index contributed by atoms with van der Waals surface area (Å²) in [6.45, 7) is 13.6. The molecule has 0 saturated carbocycles. The molecule has 0 amide bonds. The van der Waals surface area contributed by atoms with Gasteiger partial charge in [-0.05, 0) is 13.8 Å². The maximum Gasteiger partial charge on any atom is 0.330 e. The third-order valence-electron chi connectivity index (χ3n) is 5.79. The van der Waals surface area contributed by atoms with Crippen molar-refractivity contribution in [1.82, 2.24) is 0 Å². The van der Waals surface area contributed by atoms with E-state index in [9.17, 15) is 9.59 Å². The van der Waals surface area contributed by atoms with Crippen LogP contribution in [0.5, 0.6) is 0 Å². The smallest absolute Gasteiger partial charge is 0.330 e. The van der Waals surface area contributed by atoms with Gasteiger partial charge in [-0.3, -0.25) is 0 Å². The maximum absolute atomic E-state index is 9.60. The number of hydrogen-bond donors (Lipinski definition) is 4. The minimum absolute atomic E-state index is 0.125. The van der Waals surface area contributed by atoms with E-state index >= 15 is 0 Å². The van der Waals surface area contributed by atoms with Crippen LogP contribution in [0, 0.1) is 0 Å². The predicted molar refractivity (Wildman–Crippen MR) is 163 cm³/mol. The summed E-state index contributed by atoms with van der Waals surface area (Å²) < 4.78 is 0. The minimum atomic E-state index is -0.935. The van der Waals surface area contributed by atoms with Crippen molar-refractivity contribution in [2.45, 2.75) is 156 Å². The molecule has 38 heavy (non-hydrogen) atoms. The fourth-order valence-electron chi connectivity index (χ4n) is 3.33. The second kappa shape index (κ2) is 39.8. The van der Waals surface area contributed by atoms with E-state index in [-0.39, 0.29) is 24.4 Å². The molecule has 0 aliphatic heterocycles. The molecule has 0 aliphatic carbocycles. The van der Waals surface area contributed by atoms with Gasteiger partial charge in [-0.1, -0.05) is 155 Å². The summed E-state index contributed by atoms with van der Waals surface area (Å²) in [6, 6.07) is 0. The predicted octanol–water partition coefficient (Wildman–Crippen LogP) is 9.09. The fourth-order valence-corrected chi connectivity index (χ4v) is 3.33. The van der Waals surface area contributed by atoms with Crippen molar-refractivity contribution in [3.8, 4) is 0 Å². The molecular formula is C32H64O6. The van der Waals surface area contributed by atoms with Crippen molar-refractivity contribution in [1.29, 1.82) is 0 Å². The molecule has 0 aromatic heterocycles. The average Bonchev–Trinajstić information content (AvgIpc) is 2.88. The summed E-state index contributed by atoms with van der Waals surface area (Å²) in [7, 11) is 0. The van der Waals surface area contributed by atoms with Crippen LogP contribution in [0.15, 0.2) is 24.3 Å². The van der Waals surface area contributed by atoms with Gasteiger partial charge in [0, 0.05) is 11.1 Å². The van der Waals surface area contributed by atoms with Crippen LogP contribution in [0.4, 0.5) is 0 Å². The number of hydrogen-bond acceptors (Lipinski definition) is 4. The molecule has 0 fully saturated rings. The topological polar surface area (TPSA) is 115 Å². The molecule has 6 nitrogen and oxygen atoms in total. The normalized spacial score (nSPS) is 9.63. The number of carboxylic acid groups (broad SMARTS) is 2. The summed E-state index contributed by atoms with van der Waals surface area (Å²) in [5.41, 5.74) is 0.352. The third-order valence-corrected chi connectivity index (χ3v) is 5.79. The van der Waals surface area contributed by atoms with Gasteiger partial charge < -0.3 is 20.4 Å². The molecule has 4 N–H and O–H groups in total. The zero-order valence-corrected chi connectivity index (χ0v) is 25.6. The van der Waals surface area contributed by atoms with Gasteiger partial charge in [0.25, 0.3) is 0 Å². The molecule has 0 bridgehead atoms. The highest BCUT2D eigenvalue weighted by molar-refractivity contribution is 5.85. The number of carboxylic acids is 2. The Bertz CT molecular complexity index is 446. The van der Waals surface area contributed by atoms with Gasteiger partial charge >= 0.3 is 11.9 Å². The van der Waals surface area contributed by atoms with Gasteiger partial charge in [-0.2, -0.15) is 0 Å². The number of aliphatic hydroxyl groups is 2. The van der Waals surface area contributed by atoms with E-state index in [1.54, 1.807) is 0 Å². The van der Waals surface area contributed by atoms with E-state index < -0.39 is 11.9 Å². The maximum atomic E-state index is 9.60. The van der Waals surface area contributed by atoms with Crippen molar-refractivity contribution in [3.05, 3.63) is 24.3 Å². The van der Waals surface area contributed by atoms with Gasteiger partial charge in [0.05, 0.1) is 13.2 Å². The summed E-state index contributed by atoms with van der Waals surface area (Å²) in [5, 5.41) is 31.0. The first-order valence-corrected chi connectivity index (χ1v) is 15.1. The lowest BCUT2D eigenvalue weighted by Gasteiger charge is -2.03. The van der Waals surface area contributed by atoms with Crippen LogP contribution in [-0.2, 0) is 9.59 Å². The Morgan fingerprint density at radius 1 is 0.447 bits per heavy atom. The SMILES string of the molecule is C=C(C)C(=O)O.C=C(C)C(=O)O.CCCCCCCCCCCCCCCCCCCCCC.OCCO. The standard InChI is InChI=1S/C22H46.2C4H6O2.C2H6O2/c1-3-5-7-9-11-13-15-17-19-21-22-20-18-16-14-12-10-8-6-4-2;2*1-3(2)4(5)6;3-1-2-4/h3-22H2,1-2H3;2*1H2,2H3,(H,5,6);3-4H,1-2H2. The molecule has 0 spiro atoms. The van der Waals surface area contributed by atoms with Crippen LogP contribution in [0.1, 0.15) is 156 Å². The highest BCUT2D eigenvalue weighted by atomic mass is 16.4. The molecule has 6 heteroatoms. The summed E-state index contributed by atoms with van der Waals surface area (Å²) in [4.78, 5) is 19.2. The van der Waals surface area contributed by atoms with Crippen LogP contribution in [0.2, 0.25) is 0 Å². The first-order chi connectivity index (χ1) is 18.1. The lowest BCUT2D eigenvalue weighted by molar-refractivity contribution is -0.133. The lowest BCUT2D eigenvalue weighted by Crippen LogP contribution is -1.92. The molecule has 0 aliphatic rings. The highest BCUT2D eigenvalue weighted by Crippen LogP contribution is 2.14. The van der Waals surface area contributed by atoms with Crippen LogP contribution >= 0.6 is 0 Å². The van der Waals surface area contributed by atoms with Gasteiger partial charge in [0.2, 0.25) is 0 Å². The molecule has 0 heterocycles. The number of unbranched alkanes of at least 4 members (excludes halogenated alkanes) is 19. The van der Waals surface area contributed by atoms with E-state index in [2.05, 4.69) is 27.0 Å². The van der Waals surface area contributed by atoms with Crippen molar-refractivity contribution >= 4 is 11.9 Å². The molecular weight excluding hydrogens is 480 g/mol. The van der Waals surface area contributed by atoms with Gasteiger partial charge in [0.15, 0.2) is 0 Å². The Morgan fingerprint density at radius 2 is 0.579 bits per heavy atom. The van der Waals surface area contributed by atoms with Gasteiger partial charge in [0.1, 0.15) is 0 Å². The first-order valence-electron chi connectivity index (χ1n) is 15.1. The van der Waals surface area contributed by atoms with Crippen molar-refractivity contribution in [3.63, 3.8) is 0 Å². The molecule has 0 aromatic carbocycles. The van der Waals surface area contributed by atoms with E-state index in [4.69, 9.17) is 20.4 Å². The quantitative estimate of drug-likeness (QED) is 0.0798. The van der Waals surface area contributed by atoms with Crippen molar-refractivity contribution in [2.24, 2.45) is 0 Å². The Kier molecular flexibility index (Phi) is 45.5. The van der Waals surface area contributed by atoms with E-state index in [0.29, 0.717) is 0 Å². The largest absolute Gasteiger partial charge is 0.478 e. The number of rotatable bonds is 22. The average molecular weight is 545 g/mol. The Morgan fingerprint density at radius 3 is 0.658 bits per heavy atom. The highest BCUT2D eigenvalue weighted by Gasteiger charge is 1.95. The Hall–Kier alpha value is -1.66. The second-order valence-electron chi connectivity index (χ2n) is 9.98. The third kappa shape index (κ3) is 55.0. The van der Waals surface area contributed by atoms with Gasteiger partial charge in [-0.15, -0.1) is 0 Å². The minimum Gasteiger partial charge on any atom is -0.478 e. The van der Waals surface area contributed by atoms with Crippen LogP contribution in [0.3, 0.4) is 0 Å². The molecule has 0 unspecified atom stereocenters. The fraction of sp³-hybridized carbons (Fsp3) is 0.812. The zero-order chi connectivity index (χ0) is 29.9. The number of carbonyl (C=O) groups is 2. The monoisotopic (exact) mass is 544 g/mol. The Labute approximate surface area is 235 Å². The lowest BCUT2D eigenvalue weighted by atomic mass is 10.0. The van der Waals surface area contributed by atoms with Crippen LogP contribution in [0.25, 0.3) is 0 Å². The molecule has 0 radical (unpaired) electrons. The van der Waals surface area contributed by atoms with Crippen molar-refractivity contribution in [2.75, 3.05) is 13.2 Å². The van der Waals surface area contributed by atoms with E-state index in [1.807, 2.05) is 0 Å². The first kappa shape index (κ1) is 43.4. The van der Waals surface area contributed by atoms with Crippen LogP contribution in [-0.4, -0.2) is 45.6 Å². The molecule has 0 atom stereocenters. The zero-order valence-electron chi connectivity index (χ0n) is 25.6. The number of aliphatic carboxylic acids is 2. The molecule has 0 saturated heterocycles. The summed E-state index contributed by atoms with van der Waals surface area (Å²) >= 11 is 0. The molecule has 228 valence electrons. The summed E-state index contributed by atoms with van der Waals surface area (Å²) in [6.07, 6.45) is 29.4. The van der Waals surface area contributed by atoms with Gasteiger partial charge in [-0.25, -0.2) is 9.59 Å². The molecule has 0 rings (SSSR count). The Balaban J connectivity index is -0.000000291. The summed E-state index contributed by atoms with van der Waals surface area (Å²) in [5.74, 6) is -1.87. The molecule has 0 aromatic rings. The van der Waals surface area contributed by atoms with E-state index in [1.165, 1.54) is 142 Å². The van der Waals surface area contributed by atoms with Crippen molar-refractivity contribution < 1.29 is 30.0 Å². The second-order valence-corrected chi connectivity index (χ2v) is 9.98. The van der Waals surface area contributed by atoms with E-state index in [0.717, 1.165) is 0 Å².